The molecule has 76 valence electrons. The molecule has 1 N–H and O–H groups in total. The molecule has 0 radical (unpaired) electrons. The molecule has 1 aromatic carbocycles. The van der Waals surface area contributed by atoms with Gasteiger partial charge >= 0.3 is 0 Å². The number of benzene rings is 1. The average Bonchev–Trinajstić information content (AvgIpc) is 2.05. The van der Waals surface area contributed by atoms with E-state index in [9.17, 15) is 0 Å². The molecule has 1 aromatic rings. The zero-order chi connectivity index (χ0) is 10.3. The Morgan fingerprint density at radius 3 is 2.86 bits per heavy atom. The summed E-state index contributed by atoms with van der Waals surface area (Å²) in [5.41, 5.74) is 2.77. The summed E-state index contributed by atoms with van der Waals surface area (Å²) in [6.07, 6.45) is 1.15. The van der Waals surface area contributed by atoms with Gasteiger partial charge in [-0.05, 0) is 49.9 Å². The fourth-order valence-corrected chi connectivity index (χ4v) is 2.53. The first-order chi connectivity index (χ1) is 6.48. The first kappa shape index (κ1) is 9.85. The molecule has 0 amide bonds. The number of halogens is 1. The van der Waals surface area contributed by atoms with Crippen LogP contribution >= 0.6 is 11.6 Å². The summed E-state index contributed by atoms with van der Waals surface area (Å²) in [6.45, 7) is 6.74. The minimum Gasteiger partial charge on any atom is -0.380 e. The number of fused-ring (bicyclic) bond motifs is 1. The molecular formula is C12H16ClN. The van der Waals surface area contributed by atoms with Gasteiger partial charge in [0.1, 0.15) is 0 Å². The zero-order valence-electron chi connectivity index (χ0n) is 8.89. The van der Waals surface area contributed by atoms with E-state index in [1.54, 1.807) is 0 Å². The fourth-order valence-electron chi connectivity index (χ4n) is 2.35. The predicted octanol–water partition coefficient (Wildman–Crippen LogP) is 4.04. The van der Waals surface area contributed by atoms with Gasteiger partial charge in [-0.2, -0.15) is 0 Å². The second-order valence-corrected chi connectivity index (χ2v) is 5.28. The molecule has 14 heavy (non-hydrogen) atoms. The van der Waals surface area contributed by atoms with E-state index in [2.05, 4.69) is 38.2 Å². The van der Waals surface area contributed by atoms with Gasteiger partial charge in [0.2, 0.25) is 0 Å². The largest absolute Gasteiger partial charge is 0.380 e. The Labute approximate surface area is 90.5 Å². The molecule has 0 saturated carbocycles. The van der Waals surface area contributed by atoms with Crippen molar-refractivity contribution in [3.05, 3.63) is 28.8 Å². The molecule has 2 heteroatoms. The molecule has 1 atom stereocenters. The lowest BCUT2D eigenvalue weighted by atomic mass is 9.82. The Morgan fingerprint density at radius 2 is 2.14 bits per heavy atom. The van der Waals surface area contributed by atoms with E-state index in [0.717, 1.165) is 11.4 Å². The lowest BCUT2D eigenvalue weighted by Gasteiger charge is -2.37. The van der Waals surface area contributed by atoms with E-state index >= 15 is 0 Å². The average molecular weight is 210 g/mol. The second-order valence-electron chi connectivity index (χ2n) is 4.85. The molecule has 0 bridgehead atoms. The standard InChI is InChI=1S/C12H16ClN/c1-8-7-12(2,3)14-11-5-4-9(13)6-10(8)11/h4-6,8,14H,7H2,1-3H3/t8-/m0/s1. The van der Waals surface area contributed by atoms with E-state index in [0.29, 0.717) is 5.92 Å². The van der Waals surface area contributed by atoms with Gasteiger partial charge in [0.25, 0.3) is 0 Å². The van der Waals surface area contributed by atoms with Crippen LogP contribution in [0.25, 0.3) is 0 Å². The topological polar surface area (TPSA) is 12.0 Å². The van der Waals surface area contributed by atoms with Crippen LogP contribution in [0.3, 0.4) is 0 Å². The third-order valence-electron chi connectivity index (χ3n) is 2.83. The Hall–Kier alpha value is -0.690. The summed E-state index contributed by atoms with van der Waals surface area (Å²) < 4.78 is 0. The highest BCUT2D eigenvalue weighted by molar-refractivity contribution is 6.30. The SMILES string of the molecule is C[C@H]1CC(C)(C)Nc2ccc(Cl)cc21. The number of hydrogen-bond acceptors (Lipinski definition) is 1. The van der Waals surface area contributed by atoms with E-state index in [1.807, 2.05) is 6.07 Å². The summed E-state index contributed by atoms with van der Waals surface area (Å²) in [5.74, 6) is 0.583. The van der Waals surface area contributed by atoms with Gasteiger partial charge in [-0.15, -0.1) is 0 Å². The molecule has 1 aliphatic rings. The zero-order valence-corrected chi connectivity index (χ0v) is 9.65. The Bertz CT molecular complexity index is 357. The Kier molecular flexibility index (Phi) is 2.23. The van der Waals surface area contributed by atoms with Crippen molar-refractivity contribution in [3.63, 3.8) is 0 Å². The summed E-state index contributed by atoms with van der Waals surface area (Å²) in [6, 6.07) is 6.10. The van der Waals surface area contributed by atoms with E-state index in [4.69, 9.17) is 11.6 Å². The normalized spacial score (nSPS) is 23.9. The minimum absolute atomic E-state index is 0.195. The number of rotatable bonds is 0. The summed E-state index contributed by atoms with van der Waals surface area (Å²) in [5, 5.41) is 4.37. The maximum absolute atomic E-state index is 5.99. The quantitative estimate of drug-likeness (QED) is 0.680. The smallest absolute Gasteiger partial charge is 0.0410 e. The van der Waals surface area contributed by atoms with Crippen molar-refractivity contribution in [2.24, 2.45) is 0 Å². The van der Waals surface area contributed by atoms with Crippen molar-refractivity contribution in [2.45, 2.75) is 38.6 Å². The molecule has 0 unspecified atom stereocenters. The van der Waals surface area contributed by atoms with E-state index in [-0.39, 0.29) is 5.54 Å². The third-order valence-corrected chi connectivity index (χ3v) is 3.07. The predicted molar refractivity (Wildman–Crippen MR) is 62.2 cm³/mol. The van der Waals surface area contributed by atoms with Gasteiger partial charge in [0.05, 0.1) is 0 Å². The van der Waals surface area contributed by atoms with Gasteiger partial charge in [-0.25, -0.2) is 0 Å². The molecule has 1 heterocycles. The first-order valence-corrected chi connectivity index (χ1v) is 5.43. The van der Waals surface area contributed by atoms with Crippen LogP contribution in [0.2, 0.25) is 5.02 Å². The molecular weight excluding hydrogens is 194 g/mol. The summed E-state index contributed by atoms with van der Waals surface area (Å²) in [7, 11) is 0. The maximum atomic E-state index is 5.99. The molecule has 0 fully saturated rings. The van der Waals surface area contributed by atoms with Gasteiger partial charge in [-0.1, -0.05) is 18.5 Å². The highest BCUT2D eigenvalue weighted by Crippen LogP contribution is 2.39. The van der Waals surface area contributed by atoms with Crippen LogP contribution in [0.1, 0.15) is 38.7 Å². The van der Waals surface area contributed by atoms with Gasteiger partial charge < -0.3 is 5.32 Å². The lowest BCUT2D eigenvalue weighted by molar-refractivity contribution is 0.454. The van der Waals surface area contributed by atoms with Crippen molar-refractivity contribution in [3.8, 4) is 0 Å². The molecule has 0 aliphatic carbocycles. The van der Waals surface area contributed by atoms with Crippen LogP contribution in [-0.4, -0.2) is 5.54 Å². The van der Waals surface area contributed by atoms with Crippen molar-refractivity contribution in [1.29, 1.82) is 0 Å². The van der Waals surface area contributed by atoms with Crippen LogP contribution in [-0.2, 0) is 0 Å². The Balaban J connectivity index is 2.45. The number of hydrogen-bond donors (Lipinski definition) is 1. The van der Waals surface area contributed by atoms with Gasteiger partial charge in [0.15, 0.2) is 0 Å². The van der Waals surface area contributed by atoms with Crippen LogP contribution in [0.5, 0.6) is 0 Å². The summed E-state index contributed by atoms with van der Waals surface area (Å²) >= 11 is 5.99. The van der Waals surface area contributed by atoms with Crippen molar-refractivity contribution in [1.82, 2.24) is 0 Å². The molecule has 0 saturated heterocycles. The highest BCUT2D eigenvalue weighted by Gasteiger charge is 2.28. The van der Waals surface area contributed by atoms with E-state index in [1.165, 1.54) is 11.3 Å². The van der Waals surface area contributed by atoms with Crippen LogP contribution in [0, 0.1) is 0 Å². The fraction of sp³-hybridized carbons (Fsp3) is 0.500. The van der Waals surface area contributed by atoms with Crippen LogP contribution in [0.15, 0.2) is 18.2 Å². The molecule has 1 aliphatic heterocycles. The molecule has 0 spiro atoms. The van der Waals surface area contributed by atoms with E-state index < -0.39 is 0 Å². The molecule has 1 nitrogen and oxygen atoms in total. The first-order valence-electron chi connectivity index (χ1n) is 5.05. The Morgan fingerprint density at radius 1 is 1.43 bits per heavy atom. The minimum atomic E-state index is 0.195. The number of nitrogens with one attached hydrogen (secondary N) is 1. The molecule has 2 rings (SSSR count). The maximum Gasteiger partial charge on any atom is 0.0410 e. The van der Waals surface area contributed by atoms with Gasteiger partial charge in [0, 0.05) is 16.2 Å². The van der Waals surface area contributed by atoms with Crippen LogP contribution in [0.4, 0.5) is 5.69 Å². The third kappa shape index (κ3) is 1.74. The van der Waals surface area contributed by atoms with Crippen molar-refractivity contribution in [2.75, 3.05) is 5.32 Å². The summed E-state index contributed by atoms with van der Waals surface area (Å²) in [4.78, 5) is 0. The van der Waals surface area contributed by atoms with Crippen LogP contribution < -0.4 is 5.32 Å². The lowest BCUT2D eigenvalue weighted by Crippen LogP contribution is -2.36. The van der Waals surface area contributed by atoms with Gasteiger partial charge in [-0.3, -0.25) is 0 Å². The number of anilines is 1. The van der Waals surface area contributed by atoms with Crippen molar-refractivity contribution >= 4 is 17.3 Å². The highest BCUT2D eigenvalue weighted by atomic mass is 35.5. The second kappa shape index (κ2) is 3.16. The monoisotopic (exact) mass is 209 g/mol. The molecule has 0 aromatic heterocycles. The van der Waals surface area contributed by atoms with Crippen molar-refractivity contribution < 1.29 is 0 Å².